The summed E-state index contributed by atoms with van der Waals surface area (Å²) in [7, 11) is 0. The van der Waals surface area contributed by atoms with Crippen molar-refractivity contribution in [2.45, 2.75) is 53.4 Å². The molecule has 0 saturated carbocycles. The van der Waals surface area contributed by atoms with Gasteiger partial charge < -0.3 is 5.32 Å². The third-order valence-electron chi connectivity index (χ3n) is 3.37. The Bertz CT molecular complexity index is 372. The van der Waals surface area contributed by atoms with Gasteiger partial charge in [-0.2, -0.15) is 0 Å². The first-order chi connectivity index (χ1) is 8.60. The molecule has 0 aromatic heterocycles. The van der Waals surface area contributed by atoms with Crippen molar-refractivity contribution in [1.82, 2.24) is 0 Å². The van der Waals surface area contributed by atoms with E-state index in [9.17, 15) is 4.79 Å². The number of carbonyl (C=O) groups excluding carboxylic acids is 1. The highest BCUT2D eigenvalue weighted by Gasteiger charge is 2.17. The van der Waals surface area contributed by atoms with E-state index in [4.69, 9.17) is 0 Å². The lowest BCUT2D eigenvalue weighted by Crippen LogP contribution is -2.23. The second-order valence-corrected chi connectivity index (χ2v) is 5.03. The zero-order valence-electron chi connectivity index (χ0n) is 12.0. The zero-order valence-corrected chi connectivity index (χ0v) is 12.0. The maximum absolute atomic E-state index is 12.3. The lowest BCUT2D eigenvalue weighted by molar-refractivity contribution is -0.120. The Balaban J connectivity index is 2.79. The quantitative estimate of drug-likeness (QED) is 0.790. The Morgan fingerprint density at radius 1 is 1.11 bits per heavy atom. The number of carbonyl (C=O) groups is 1. The second kappa shape index (κ2) is 7.20. The Hall–Kier alpha value is -1.31. The average Bonchev–Trinajstić information content (AvgIpc) is 2.33. The van der Waals surface area contributed by atoms with Crippen LogP contribution in [0.1, 0.15) is 50.7 Å². The summed E-state index contributed by atoms with van der Waals surface area (Å²) >= 11 is 0. The molecule has 0 aliphatic heterocycles. The summed E-state index contributed by atoms with van der Waals surface area (Å²) in [4.78, 5) is 12.3. The predicted octanol–water partition coefficient (Wildman–Crippen LogP) is 4.46. The number of para-hydroxylation sites is 1. The van der Waals surface area contributed by atoms with Crippen LogP contribution in [0.5, 0.6) is 0 Å². The number of nitrogens with one attached hydrogen (secondary N) is 1. The minimum absolute atomic E-state index is 0.152. The van der Waals surface area contributed by atoms with Crippen LogP contribution < -0.4 is 5.32 Å². The highest BCUT2D eigenvalue weighted by atomic mass is 16.1. The van der Waals surface area contributed by atoms with Crippen molar-refractivity contribution >= 4 is 11.6 Å². The van der Waals surface area contributed by atoms with Crippen molar-refractivity contribution in [3.8, 4) is 0 Å². The molecule has 0 bridgehead atoms. The molecule has 1 aromatic rings. The highest BCUT2D eigenvalue weighted by molar-refractivity contribution is 5.94. The van der Waals surface area contributed by atoms with E-state index in [2.05, 4.69) is 19.2 Å². The Morgan fingerprint density at radius 2 is 1.61 bits per heavy atom. The van der Waals surface area contributed by atoms with Gasteiger partial charge in [0.05, 0.1) is 0 Å². The van der Waals surface area contributed by atoms with E-state index in [1.807, 2.05) is 32.0 Å². The molecule has 2 heteroatoms. The molecule has 0 heterocycles. The summed E-state index contributed by atoms with van der Waals surface area (Å²) < 4.78 is 0. The molecule has 18 heavy (non-hydrogen) atoms. The molecule has 0 spiro atoms. The fraction of sp³-hybridized carbons (Fsp3) is 0.562. The third-order valence-corrected chi connectivity index (χ3v) is 3.37. The lowest BCUT2D eigenvalue weighted by Gasteiger charge is -2.17. The van der Waals surface area contributed by atoms with E-state index < -0.39 is 0 Å². The molecular weight excluding hydrogens is 222 g/mol. The summed E-state index contributed by atoms with van der Waals surface area (Å²) in [5.74, 6) is 0.329. The van der Waals surface area contributed by atoms with Crippen molar-refractivity contribution in [1.29, 1.82) is 0 Å². The molecule has 0 radical (unpaired) electrons. The number of benzene rings is 1. The van der Waals surface area contributed by atoms with Gasteiger partial charge in [-0.1, -0.05) is 44.9 Å². The summed E-state index contributed by atoms with van der Waals surface area (Å²) in [5, 5.41) is 3.11. The van der Waals surface area contributed by atoms with Crippen molar-refractivity contribution in [2.75, 3.05) is 5.32 Å². The van der Waals surface area contributed by atoms with Crippen molar-refractivity contribution < 1.29 is 4.79 Å². The van der Waals surface area contributed by atoms with E-state index in [0.29, 0.717) is 0 Å². The number of aryl methyl sites for hydroxylation is 2. The van der Waals surface area contributed by atoms with E-state index in [1.165, 1.54) is 0 Å². The van der Waals surface area contributed by atoms with E-state index in [-0.39, 0.29) is 11.8 Å². The average molecular weight is 247 g/mol. The standard InChI is InChI=1S/C16H25NO/c1-5-8-14(9-6-2)16(18)17-15-12(3)10-7-11-13(15)4/h7,10-11,14H,5-6,8-9H2,1-4H3,(H,17,18). The van der Waals surface area contributed by atoms with Crippen molar-refractivity contribution in [2.24, 2.45) is 5.92 Å². The van der Waals surface area contributed by atoms with Gasteiger partial charge in [0.1, 0.15) is 0 Å². The minimum atomic E-state index is 0.152. The molecular formula is C16H25NO. The van der Waals surface area contributed by atoms with Gasteiger partial charge >= 0.3 is 0 Å². The Labute approximate surface area is 111 Å². The smallest absolute Gasteiger partial charge is 0.227 e. The SMILES string of the molecule is CCCC(CCC)C(=O)Nc1c(C)cccc1C. The zero-order chi connectivity index (χ0) is 13.5. The first-order valence-corrected chi connectivity index (χ1v) is 6.97. The van der Waals surface area contributed by atoms with Crippen LogP contribution in [0.4, 0.5) is 5.69 Å². The van der Waals surface area contributed by atoms with Crippen LogP contribution in [-0.2, 0) is 4.79 Å². The van der Waals surface area contributed by atoms with Gasteiger partial charge in [0, 0.05) is 11.6 Å². The van der Waals surface area contributed by atoms with Crippen LogP contribution >= 0.6 is 0 Å². The molecule has 1 N–H and O–H groups in total. The topological polar surface area (TPSA) is 29.1 Å². The molecule has 0 saturated heterocycles. The third kappa shape index (κ3) is 3.86. The first kappa shape index (κ1) is 14.7. The van der Waals surface area contributed by atoms with Crippen molar-refractivity contribution in [3.63, 3.8) is 0 Å². The summed E-state index contributed by atoms with van der Waals surface area (Å²) in [6, 6.07) is 6.10. The van der Waals surface area contributed by atoms with Gasteiger partial charge in [0.15, 0.2) is 0 Å². The molecule has 0 aliphatic rings. The van der Waals surface area contributed by atoms with Crippen LogP contribution in [-0.4, -0.2) is 5.91 Å². The Kier molecular flexibility index (Phi) is 5.90. The van der Waals surface area contributed by atoms with Gasteiger partial charge in [-0.15, -0.1) is 0 Å². The monoisotopic (exact) mass is 247 g/mol. The Morgan fingerprint density at radius 3 is 2.06 bits per heavy atom. The van der Waals surface area contributed by atoms with Crippen LogP contribution in [0.15, 0.2) is 18.2 Å². The van der Waals surface area contributed by atoms with Crippen LogP contribution in [0.3, 0.4) is 0 Å². The minimum Gasteiger partial charge on any atom is -0.325 e. The maximum Gasteiger partial charge on any atom is 0.227 e. The predicted molar refractivity (Wildman–Crippen MR) is 77.9 cm³/mol. The van der Waals surface area contributed by atoms with Gasteiger partial charge in [0.25, 0.3) is 0 Å². The normalized spacial score (nSPS) is 10.7. The largest absolute Gasteiger partial charge is 0.325 e. The molecule has 0 atom stereocenters. The molecule has 1 amide bonds. The fourth-order valence-electron chi connectivity index (χ4n) is 2.34. The van der Waals surface area contributed by atoms with Crippen molar-refractivity contribution in [3.05, 3.63) is 29.3 Å². The summed E-state index contributed by atoms with van der Waals surface area (Å²) in [6.07, 6.45) is 4.07. The lowest BCUT2D eigenvalue weighted by atomic mass is 9.97. The van der Waals surface area contributed by atoms with Gasteiger partial charge in [0.2, 0.25) is 5.91 Å². The molecule has 100 valence electrons. The highest BCUT2D eigenvalue weighted by Crippen LogP contribution is 2.22. The molecule has 1 aromatic carbocycles. The summed E-state index contributed by atoms with van der Waals surface area (Å²) in [5.41, 5.74) is 3.25. The van der Waals surface area contributed by atoms with Gasteiger partial charge in [-0.25, -0.2) is 0 Å². The van der Waals surface area contributed by atoms with Crippen LogP contribution in [0.2, 0.25) is 0 Å². The molecule has 0 aliphatic carbocycles. The van der Waals surface area contributed by atoms with Gasteiger partial charge in [-0.3, -0.25) is 4.79 Å². The number of amides is 1. The molecule has 2 nitrogen and oxygen atoms in total. The number of rotatable bonds is 6. The number of hydrogen-bond donors (Lipinski definition) is 1. The van der Waals surface area contributed by atoms with E-state index in [0.717, 1.165) is 42.5 Å². The first-order valence-electron chi connectivity index (χ1n) is 6.97. The van der Waals surface area contributed by atoms with Crippen LogP contribution in [0.25, 0.3) is 0 Å². The fourth-order valence-corrected chi connectivity index (χ4v) is 2.34. The van der Waals surface area contributed by atoms with Crippen LogP contribution in [0, 0.1) is 19.8 Å². The maximum atomic E-state index is 12.3. The second-order valence-electron chi connectivity index (χ2n) is 5.03. The van der Waals surface area contributed by atoms with E-state index >= 15 is 0 Å². The molecule has 0 unspecified atom stereocenters. The molecule has 1 rings (SSSR count). The van der Waals surface area contributed by atoms with E-state index in [1.54, 1.807) is 0 Å². The number of anilines is 1. The summed E-state index contributed by atoms with van der Waals surface area (Å²) in [6.45, 7) is 8.35. The van der Waals surface area contributed by atoms with Gasteiger partial charge in [-0.05, 0) is 37.8 Å². The molecule has 0 fully saturated rings. The number of hydrogen-bond acceptors (Lipinski definition) is 1.